The molecule has 2 amide bonds. The summed E-state index contributed by atoms with van der Waals surface area (Å²) in [4.78, 5) is 24.4. The number of nitrogens with zero attached hydrogens (tertiary/aromatic N) is 4. The Bertz CT molecular complexity index is 486. The van der Waals surface area contributed by atoms with Gasteiger partial charge in [-0.2, -0.15) is 0 Å². The number of carboxylic acids is 1. The number of aliphatic carboxylic acids is 1. The second-order valence-corrected chi connectivity index (χ2v) is 4.74. The van der Waals surface area contributed by atoms with Crippen LogP contribution in [-0.2, 0) is 11.8 Å². The predicted octanol–water partition coefficient (Wildman–Crippen LogP) is -0.00780. The number of carbonyl (C=O) groups excluding carboxylic acids is 1. The summed E-state index contributed by atoms with van der Waals surface area (Å²) < 4.78 is 1.73. The van der Waals surface area contributed by atoms with E-state index in [4.69, 9.17) is 5.11 Å². The van der Waals surface area contributed by atoms with Gasteiger partial charge in [-0.15, -0.1) is 10.2 Å². The zero-order valence-electron chi connectivity index (χ0n) is 10.9. The van der Waals surface area contributed by atoms with Crippen LogP contribution in [-0.4, -0.2) is 49.9 Å². The molecule has 0 spiro atoms. The van der Waals surface area contributed by atoms with E-state index >= 15 is 0 Å². The van der Waals surface area contributed by atoms with Crippen molar-refractivity contribution in [1.82, 2.24) is 25.0 Å². The van der Waals surface area contributed by atoms with Gasteiger partial charge in [0.1, 0.15) is 6.33 Å². The standard InChI is InChI=1S/C11H17N5O3/c1-7(9-14-12-6-15(9)2)13-11(19)16-4-3-8(5-16)10(17)18/h6-8H,3-5H2,1-2H3,(H,13,19)(H,17,18). The minimum Gasteiger partial charge on any atom is -0.481 e. The Kier molecular flexibility index (Phi) is 3.68. The van der Waals surface area contributed by atoms with E-state index in [1.165, 1.54) is 4.90 Å². The first-order chi connectivity index (χ1) is 8.99. The first-order valence-electron chi connectivity index (χ1n) is 6.11. The number of carboxylic acid groups (broad SMARTS) is 1. The smallest absolute Gasteiger partial charge is 0.318 e. The fourth-order valence-corrected chi connectivity index (χ4v) is 2.17. The first-order valence-corrected chi connectivity index (χ1v) is 6.11. The number of nitrogens with one attached hydrogen (secondary N) is 1. The van der Waals surface area contributed by atoms with E-state index in [-0.39, 0.29) is 18.6 Å². The minimum atomic E-state index is -0.850. The Morgan fingerprint density at radius 1 is 1.58 bits per heavy atom. The lowest BCUT2D eigenvalue weighted by Gasteiger charge is -2.20. The molecule has 2 heterocycles. The zero-order valence-corrected chi connectivity index (χ0v) is 10.9. The van der Waals surface area contributed by atoms with Gasteiger partial charge in [0.25, 0.3) is 0 Å². The van der Waals surface area contributed by atoms with Crippen molar-refractivity contribution < 1.29 is 14.7 Å². The molecule has 8 heteroatoms. The van der Waals surface area contributed by atoms with Gasteiger partial charge in [-0.3, -0.25) is 4.79 Å². The van der Waals surface area contributed by atoms with Crippen LogP contribution in [0.2, 0.25) is 0 Å². The highest BCUT2D eigenvalue weighted by Gasteiger charge is 2.31. The van der Waals surface area contributed by atoms with E-state index in [0.29, 0.717) is 18.8 Å². The van der Waals surface area contributed by atoms with E-state index in [1.54, 1.807) is 17.9 Å². The molecule has 0 radical (unpaired) electrons. The van der Waals surface area contributed by atoms with E-state index in [0.717, 1.165) is 0 Å². The number of rotatable bonds is 3. The third-order valence-corrected chi connectivity index (χ3v) is 3.30. The molecule has 1 aromatic heterocycles. The number of aryl methyl sites for hydroxylation is 1. The summed E-state index contributed by atoms with van der Waals surface area (Å²) in [6.07, 6.45) is 2.06. The summed E-state index contributed by atoms with van der Waals surface area (Å²) in [5.41, 5.74) is 0. The van der Waals surface area contributed by atoms with Crippen LogP contribution in [0.25, 0.3) is 0 Å². The normalized spacial score (nSPS) is 20.3. The first kappa shape index (κ1) is 13.3. The van der Waals surface area contributed by atoms with Gasteiger partial charge in [0.05, 0.1) is 12.0 Å². The van der Waals surface area contributed by atoms with Crippen LogP contribution in [0.5, 0.6) is 0 Å². The van der Waals surface area contributed by atoms with Crippen LogP contribution in [0.1, 0.15) is 25.2 Å². The van der Waals surface area contributed by atoms with Crippen LogP contribution in [0.15, 0.2) is 6.33 Å². The van der Waals surface area contributed by atoms with Gasteiger partial charge >= 0.3 is 12.0 Å². The number of carbonyl (C=O) groups is 2. The Morgan fingerprint density at radius 3 is 2.84 bits per heavy atom. The SMILES string of the molecule is CC(NC(=O)N1CCC(C(=O)O)C1)c1nncn1C. The summed E-state index contributed by atoms with van der Waals surface area (Å²) >= 11 is 0. The van der Waals surface area contributed by atoms with Crippen molar-refractivity contribution in [3.63, 3.8) is 0 Å². The summed E-state index contributed by atoms with van der Waals surface area (Å²) in [6, 6.07) is -0.539. The average Bonchev–Trinajstić information content (AvgIpc) is 2.96. The van der Waals surface area contributed by atoms with Crippen LogP contribution >= 0.6 is 0 Å². The Morgan fingerprint density at radius 2 is 2.32 bits per heavy atom. The van der Waals surface area contributed by atoms with Gasteiger partial charge in [0.2, 0.25) is 0 Å². The van der Waals surface area contributed by atoms with Crippen molar-refractivity contribution in [3.8, 4) is 0 Å². The summed E-state index contributed by atoms with van der Waals surface area (Å²) in [5.74, 6) is -0.658. The Balaban J connectivity index is 1.92. The minimum absolute atomic E-state index is 0.257. The molecule has 2 atom stereocenters. The van der Waals surface area contributed by atoms with Gasteiger partial charge < -0.3 is 19.9 Å². The predicted molar refractivity (Wildman–Crippen MR) is 65.3 cm³/mol. The third kappa shape index (κ3) is 2.83. The number of aromatic nitrogens is 3. The molecule has 2 N–H and O–H groups in total. The second-order valence-electron chi connectivity index (χ2n) is 4.74. The van der Waals surface area contributed by atoms with Crippen LogP contribution < -0.4 is 5.32 Å². The van der Waals surface area contributed by atoms with E-state index in [9.17, 15) is 9.59 Å². The average molecular weight is 267 g/mol. The molecule has 0 aromatic carbocycles. The summed E-state index contributed by atoms with van der Waals surface area (Å²) in [7, 11) is 1.80. The maximum Gasteiger partial charge on any atom is 0.318 e. The van der Waals surface area contributed by atoms with Crippen molar-refractivity contribution in [3.05, 3.63) is 12.2 Å². The topological polar surface area (TPSA) is 100 Å². The molecule has 19 heavy (non-hydrogen) atoms. The molecule has 1 aromatic rings. The van der Waals surface area contributed by atoms with Crippen molar-refractivity contribution in [2.24, 2.45) is 13.0 Å². The molecule has 2 unspecified atom stereocenters. The van der Waals surface area contributed by atoms with Crippen LogP contribution in [0, 0.1) is 5.92 Å². The molecule has 1 aliphatic heterocycles. The van der Waals surface area contributed by atoms with Crippen molar-refractivity contribution in [2.45, 2.75) is 19.4 Å². The van der Waals surface area contributed by atoms with E-state index < -0.39 is 11.9 Å². The molecular formula is C11H17N5O3. The largest absolute Gasteiger partial charge is 0.481 e. The fourth-order valence-electron chi connectivity index (χ4n) is 2.17. The van der Waals surface area contributed by atoms with Crippen LogP contribution in [0.4, 0.5) is 4.79 Å². The van der Waals surface area contributed by atoms with Gasteiger partial charge in [-0.25, -0.2) is 4.79 Å². The van der Waals surface area contributed by atoms with Crippen LogP contribution in [0.3, 0.4) is 0 Å². The molecule has 0 bridgehead atoms. The molecule has 1 aliphatic rings. The molecule has 1 fully saturated rings. The summed E-state index contributed by atoms with van der Waals surface area (Å²) in [5, 5.41) is 19.4. The molecule has 104 valence electrons. The molecule has 0 aliphatic carbocycles. The maximum atomic E-state index is 12.0. The number of amides is 2. The highest BCUT2D eigenvalue weighted by Crippen LogP contribution is 2.17. The highest BCUT2D eigenvalue weighted by atomic mass is 16.4. The van der Waals surface area contributed by atoms with Crippen molar-refractivity contribution >= 4 is 12.0 Å². The number of urea groups is 1. The Hall–Kier alpha value is -2.12. The number of hydrogen-bond donors (Lipinski definition) is 2. The lowest BCUT2D eigenvalue weighted by atomic mass is 10.1. The number of likely N-dealkylation sites (tertiary alicyclic amines) is 1. The molecule has 1 saturated heterocycles. The fraction of sp³-hybridized carbons (Fsp3) is 0.636. The molecular weight excluding hydrogens is 250 g/mol. The third-order valence-electron chi connectivity index (χ3n) is 3.30. The Labute approximate surface area is 110 Å². The van der Waals surface area contributed by atoms with Gasteiger partial charge in [0.15, 0.2) is 5.82 Å². The quantitative estimate of drug-likeness (QED) is 0.802. The molecule has 8 nitrogen and oxygen atoms in total. The highest BCUT2D eigenvalue weighted by molar-refractivity contribution is 5.77. The lowest BCUT2D eigenvalue weighted by Crippen LogP contribution is -2.40. The van der Waals surface area contributed by atoms with E-state index in [2.05, 4.69) is 15.5 Å². The van der Waals surface area contributed by atoms with Gasteiger partial charge in [-0.05, 0) is 13.3 Å². The second kappa shape index (κ2) is 5.25. The van der Waals surface area contributed by atoms with Crippen molar-refractivity contribution in [2.75, 3.05) is 13.1 Å². The molecule has 0 saturated carbocycles. The van der Waals surface area contributed by atoms with Crippen molar-refractivity contribution in [1.29, 1.82) is 0 Å². The van der Waals surface area contributed by atoms with Gasteiger partial charge in [0, 0.05) is 20.1 Å². The maximum absolute atomic E-state index is 12.0. The lowest BCUT2D eigenvalue weighted by molar-refractivity contribution is -0.141. The summed E-state index contributed by atoms with van der Waals surface area (Å²) in [6.45, 7) is 2.54. The molecule has 2 rings (SSSR count). The number of hydrogen-bond acceptors (Lipinski definition) is 4. The van der Waals surface area contributed by atoms with E-state index in [1.807, 2.05) is 6.92 Å². The zero-order chi connectivity index (χ0) is 14.0. The monoisotopic (exact) mass is 267 g/mol. The van der Waals surface area contributed by atoms with Gasteiger partial charge in [-0.1, -0.05) is 0 Å².